The molecule has 4 nitrogen and oxygen atoms in total. The molecule has 0 aliphatic carbocycles. The van der Waals surface area contributed by atoms with Crippen molar-refractivity contribution >= 4 is 5.91 Å². The van der Waals surface area contributed by atoms with Gasteiger partial charge >= 0.3 is 0 Å². The summed E-state index contributed by atoms with van der Waals surface area (Å²) in [6.07, 6.45) is 5.93. The van der Waals surface area contributed by atoms with E-state index in [2.05, 4.69) is 16.4 Å². The number of hydrogen-bond acceptors (Lipinski definition) is 3. The van der Waals surface area contributed by atoms with Crippen LogP contribution in [0.25, 0.3) is 0 Å². The molecule has 0 fully saturated rings. The molecule has 3 rings (SSSR count). The summed E-state index contributed by atoms with van der Waals surface area (Å²) >= 11 is 0. The lowest BCUT2D eigenvalue weighted by molar-refractivity contribution is -0.120. The van der Waals surface area contributed by atoms with Gasteiger partial charge in [0, 0.05) is 18.9 Å². The van der Waals surface area contributed by atoms with Crippen LogP contribution in [0.4, 0.5) is 0 Å². The number of fused-ring (bicyclic) bond motifs is 1. The molecule has 1 N–H and O–H groups in total. The Hall–Kier alpha value is -2.36. The highest BCUT2D eigenvalue weighted by atomic mass is 16.5. The number of pyridine rings is 1. The maximum atomic E-state index is 12.0. The van der Waals surface area contributed by atoms with Crippen molar-refractivity contribution in [2.75, 3.05) is 6.61 Å². The molecule has 1 aliphatic heterocycles. The van der Waals surface area contributed by atoms with Crippen LogP contribution < -0.4 is 10.1 Å². The molecule has 1 aromatic heterocycles. The van der Waals surface area contributed by atoms with Crippen LogP contribution in [0.2, 0.25) is 0 Å². The van der Waals surface area contributed by atoms with Gasteiger partial charge in [-0.2, -0.15) is 0 Å². The second kappa shape index (κ2) is 6.39. The van der Waals surface area contributed by atoms with Crippen molar-refractivity contribution < 1.29 is 9.53 Å². The van der Waals surface area contributed by atoms with Gasteiger partial charge in [-0.25, -0.2) is 0 Å². The average molecular weight is 282 g/mol. The van der Waals surface area contributed by atoms with E-state index in [0.717, 1.165) is 36.3 Å². The van der Waals surface area contributed by atoms with Crippen LogP contribution in [-0.4, -0.2) is 17.5 Å². The Kier molecular flexibility index (Phi) is 4.15. The van der Waals surface area contributed by atoms with Gasteiger partial charge in [-0.3, -0.25) is 9.78 Å². The lowest BCUT2D eigenvalue weighted by Gasteiger charge is -2.17. The highest BCUT2D eigenvalue weighted by Gasteiger charge is 2.11. The van der Waals surface area contributed by atoms with E-state index < -0.39 is 0 Å². The van der Waals surface area contributed by atoms with Gasteiger partial charge in [0.05, 0.1) is 13.0 Å². The molecule has 0 atom stereocenters. The SMILES string of the molecule is O=C(Cc1ccc2c(c1)CCCO2)NCc1ccncc1. The first kappa shape index (κ1) is 13.6. The molecule has 0 saturated carbocycles. The summed E-state index contributed by atoms with van der Waals surface area (Å²) in [5, 5.41) is 2.93. The summed E-state index contributed by atoms with van der Waals surface area (Å²) in [4.78, 5) is 16.0. The van der Waals surface area contributed by atoms with Gasteiger partial charge in [0.15, 0.2) is 0 Å². The number of amides is 1. The van der Waals surface area contributed by atoms with E-state index in [-0.39, 0.29) is 5.91 Å². The van der Waals surface area contributed by atoms with E-state index in [4.69, 9.17) is 4.74 Å². The highest BCUT2D eigenvalue weighted by molar-refractivity contribution is 5.78. The Morgan fingerprint density at radius 2 is 2.05 bits per heavy atom. The Labute approximate surface area is 124 Å². The Morgan fingerprint density at radius 1 is 1.19 bits per heavy atom. The Balaban J connectivity index is 1.57. The summed E-state index contributed by atoms with van der Waals surface area (Å²) in [6.45, 7) is 1.33. The van der Waals surface area contributed by atoms with Crippen molar-refractivity contribution in [2.24, 2.45) is 0 Å². The van der Waals surface area contributed by atoms with Gasteiger partial charge in [0.25, 0.3) is 0 Å². The number of nitrogens with zero attached hydrogens (tertiary/aromatic N) is 1. The lowest BCUT2D eigenvalue weighted by Crippen LogP contribution is -2.24. The van der Waals surface area contributed by atoms with E-state index in [0.29, 0.717) is 13.0 Å². The molecular weight excluding hydrogens is 264 g/mol. The van der Waals surface area contributed by atoms with E-state index >= 15 is 0 Å². The van der Waals surface area contributed by atoms with Gasteiger partial charge < -0.3 is 10.1 Å². The van der Waals surface area contributed by atoms with Crippen molar-refractivity contribution in [3.63, 3.8) is 0 Å². The van der Waals surface area contributed by atoms with Crippen LogP contribution in [0.3, 0.4) is 0 Å². The highest BCUT2D eigenvalue weighted by Crippen LogP contribution is 2.25. The summed E-state index contributed by atoms with van der Waals surface area (Å²) in [5.41, 5.74) is 3.30. The maximum Gasteiger partial charge on any atom is 0.224 e. The topological polar surface area (TPSA) is 51.2 Å². The Morgan fingerprint density at radius 3 is 2.90 bits per heavy atom. The van der Waals surface area contributed by atoms with Gasteiger partial charge in [-0.05, 0) is 47.7 Å². The van der Waals surface area contributed by atoms with Crippen molar-refractivity contribution in [3.05, 3.63) is 59.4 Å². The maximum absolute atomic E-state index is 12.0. The molecular formula is C17H18N2O2. The lowest BCUT2D eigenvalue weighted by atomic mass is 10.0. The average Bonchev–Trinajstić information content (AvgIpc) is 2.54. The fourth-order valence-corrected chi connectivity index (χ4v) is 2.47. The minimum Gasteiger partial charge on any atom is -0.493 e. The van der Waals surface area contributed by atoms with Crippen molar-refractivity contribution in [2.45, 2.75) is 25.8 Å². The Bertz CT molecular complexity index is 626. The zero-order valence-corrected chi connectivity index (χ0v) is 11.8. The first-order chi connectivity index (χ1) is 10.3. The number of rotatable bonds is 4. The molecule has 108 valence electrons. The van der Waals surface area contributed by atoms with Gasteiger partial charge in [0.1, 0.15) is 5.75 Å². The second-order valence-corrected chi connectivity index (χ2v) is 5.20. The number of aromatic nitrogens is 1. The van der Waals surface area contributed by atoms with Crippen LogP contribution in [0, 0.1) is 0 Å². The predicted molar refractivity (Wildman–Crippen MR) is 80.0 cm³/mol. The van der Waals surface area contributed by atoms with Crippen molar-refractivity contribution in [3.8, 4) is 5.75 Å². The summed E-state index contributed by atoms with van der Waals surface area (Å²) in [6, 6.07) is 9.82. The molecule has 1 amide bonds. The standard InChI is InChI=1S/C17H18N2O2/c20-17(19-12-13-5-7-18-8-6-13)11-14-3-4-16-15(10-14)2-1-9-21-16/h3-8,10H,1-2,9,11-12H2,(H,19,20). The molecule has 0 radical (unpaired) electrons. The number of ether oxygens (including phenoxy) is 1. The number of hydrogen-bond donors (Lipinski definition) is 1. The number of carbonyl (C=O) groups excluding carboxylic acids is 1. The largest absolute Gasteiger partial charge is 0.493 e. The molecule has 2 aromatic rings. The molecule has 0 saturated heterocycles. The molecule has 0 unspecified atom stereocenters. The number of benzene rings is 1. The predicted octanol–water partition coefficient (Wildman–Crippen LogP) is 2.27. The van der Waals surface area contributed by atoms with Crippen molar-refractivity contribution in [1.82, 2.24) is 10.3 Å². The number of aryl methyl sites for hydroxylation is 1. The van der Waals surface area contributed by atoms with Crippen LogP contribution in [-0.2, 0) is 24.2 Å². The number of carbonyl (C=O) groups is 1. The second-order valence-electron chi connectivity index (χ2n) is 5.20. The summed E-state index contributed by atoms with van der Waals surface area (Å²) < 4.78 is 5.58. The summed E-state index contributed by atoms with van der Waals surface area (Å²) in [7, 11) is 0. The zero-order chi connectivity index (χ0) is 14.5. The van der Waals surface area contributed by atoms with E-state index in [9.17, 15) is 4.79 Å². The molecule has 0 bridgehead atoms. The number of nitrogens with one attached hydrogen (secondary N) is 1. The van der Waals surface area contributed by atoms with Crippen LogP contribution in [0.15, 0.2) is 42.7 Å². The smallest absolute Gasteiger partial charge is 0.224 e. The van der Waals surface area contributed by atoms with Crippen LogP contribution >= 0.6 is 0 Å². The van der Waals surface area contributed by atoms with E-state index in [1.54, 1.807) is 12.4 Å². The minimum atomic E-state index is 0.0310. The zero-order valence-electron chi connectivity index (χ0n) is 11.8. The van der Waals surface area contributed by atoms with E-state index in [1.165, 1.54) is 5.56 Å². The minimum absolute atomic E-state index is 0.0310. The van der Waals surface area contributed by atoms with Gasteiger partial charge in [-0.1, -0.05) is 12.1 Å². The van der Waals surface area contributed by atoms with Crippen LogP contribution in [0.5, 0.6) is 5.75 Å². The molecule has 1 aliphatic rings. The molecule has 2 heterocycles. The molecule has 0 spiro atoms. The third kappa shape index (κ3) is 3.60. The summed E-state index contributed by atoms with van der Waals surface area (Å²) in [5.74, 6) is 0.991. The van der Waals surface area contributed by atoms with Gasteiger partial charge in [-0.15, -0.1) is 0 Å². The van der Waals surface area contributed by atoms with E-state index in [1.807, 2.05) is 24.3 Å². The van der Waals surface area contributed by atoms with Crippen LogP contribution in [0.1, 0.15) is 23.1 Å². The fraction of sp³-hybridized carbons (Fsp3) is 0.294. The first-order valence-electron chi connectivity index (χ1n) is 7.21. The molecule has 1 aromatic carbocycles. The third-order valence-corrected chi connectivity index (χ3v) is 3.58. The quantitative estimate of drug-likeness (QED) is 0.936. The van der Waals surface area contributed by atoms with Gasteiger partial charge in [0.2, 0.25) is 5.91 Å². The molecule has 21 heavy (non-hydrogen) atoms. The monoisotopic (exact) mass is 282 g/mol. The first-order valence-corrected chi connectivity index (χ1v) is 7.21. The fourth-order valence-electron chi connectivity index (χ4n) is 2.47. The third-order valence-electron chi connectivity index (χ3n) is 3.58. The van der Waals surface area contributed by atoms with Crippen molar-refractivity contribution in [1.29, 1.82) is 0 Å². The normalized spacial score (nSPS) is 13.1. The molecule has 4 heteroatoms.